The van der Waals surface area contributed by atoms with Crippen molar-refractivity contribution >= 4 is 44.7 Å². The van der Waals surface area contributed by atoms with E-state index in [0.29, 0.717) is 42.4 Å². The van der Waals surface area contributed by atoms with Crippen LogP contribution in [0.1, 0.15) is 27.7 Å². The van der Waals surface area contributed by atoms with Crippen LogP contribution in [0.4, 0.5) is 61.5 Å². The van der Waals surface area contributed by atoms with Crippen LogP contribution in [0.15, 0.2) is 170 Å². The van der Waals surface area contributed by atoms with Crippen molar-refractivity contribution in [2.45, 2.75) is 99.3 Å². The predicted octanol–water partition coefficient (Wildman–Crippen LogP) is 5.80. The molecule has 0 bridgehead atoms. The number of alkyl halides is 12. The maximum Gasteiger partial charge on any atom is 2.00 e. The molecule has 80 heavy (non-hydrogen) atoms. The van der Waals surface area contributed by atoms with E-state index in [-0.39, 0.29) is 95.6 Å². The third-order valence-electron chi connectivity index (χ3n) is 10.4. The summed E-state index contributed by atoms with van der Waals surface area (Å²) >= 11 is 0. The van der Waals surface area contributed by atoms with Gasteiger partial charge in [0.25, 0.3) is 0 Å². The molecule has 4 unspecified atom stereocenters. The number of ether oxygens (including phenoxy) is 4. The third-order valence-corrected chi connectivity index (χ3v) is 14.1. The Kier molecular flexibility index (Phi) is 27.8. The molecule has 6 aromatic rings. The Labute approximate surface area is 492 Å². The first-order valence-corrected chi connectivity index (χ1v) is 24.4. The van der Waals surface area contributed by atoms with Crippen molar-refractivity contribution in [1.29, 1.82) is 0 Å². The first-order chi connectivity index (χ1) is 35.4. The summed E-state index contributed by atoms with van der Waals surface area (Å²) in [6.45, 7) is -1.72. The fourth-order valence-corrected chi connectivity index (χ4v) is 8.45. The van der Waals surface area contributed by atoms with E-state index in [1.807, 2.05) is 0 Å². The molecule has 0 aliphatic heterocycles. The van der Waals surface area contributed by atoms with Crippen LogP contribution in [-0.4, -0.2) is 121 Å². The number of benzene rings is 6. The van der Waals surface area contributed by atoms with Gasteiger partial charge >= 0.3 is 47.8 Å². The SMILES string of the molecule is CC(O)(COc1ccc(S(=O)c2ccc(OCC(C)(O)C(F)(F)F)cc2)cc1)C(F)(F)F.CC(O)(COc1ccc([S+](c2ccc(F)cc2)c2ccc(OCC(C)(O)C(F)(F)F)cc2)cc1)C(F)(F)F.Fc1cc[c-]cc1.[Br-].[Br-].[Mg+2]. The zero-order chi connectivity index (χ0) is 57.8. The van der Waals surface area contributed by atoms with Gasteiger partial charge in [-0.3, -0.25) is 0 Å². The second-order valence-corrected chi connectivity index (χ2v) is 20.9. The topological polar surface area (TPSA) is 135 Å². The molecule has 0 spiro atoms. The summed E-state index contributed by atoms with van der Waals surface area (Å²) in [4.78, 5) is 2.62. The van der Waals surface area contributed by atoms with E-state index in [0.717, 1.165) is 0 Å². The quantitative estimate of drug-likeness (QED) is 0.0388. The Morgan fingerprint density at radius 2 is 0.613 bits per heavy atom. The minimum absolute atomic E-state index is 0. The van der Waals surface area contributed by atoms with E-state index in [4.69, 9.17) is 18.9 Å². The number of hydrogen-bond acceptors (Lipinski definition) is 9. The van der Waals surface area contributed by atoms with Crippen LogP contribution in [0, 0.1) is 17.7 Å². The molecule has 0 fully saturated rings. The van der Waals surface area contributed by atoms with Crippen molar-refractivity contribution in [3.8, 4) is 23.0 Å². The van der Waals surface area contributed by atoms with Crippen LogP contribution < -0.4 is 52.9 Å². The largest absolute Gasteiger partial charge is 2.00 e. The van der Waals surface area contributed by atoms with Gasteiger partial charge in [0.1, 0.15) is 55.2 Å². The van der Waals surface area contributed by atoms with Crippen LogP contribution in [-0.2, 0) is 21.7 Å². The summed E-state index contributed by atoms with van der Waals surface area (Å²) < 4.78 is 211. The Hall–Kier alpha value is -4.39. The van der Waals surface area contributed by atoms with Gasteiger partial charge in [-0.2, -0.15) is 70.9 Å². The third kappa shape index (κ3) is 21.7. The van der Waals surface area contributed by atoms with Gasteiger partial charge in [-0.1, -0.05) is 0 Å². The van der Waals surface area contributed by atoms with E-state index in [9.17, 15) is 86.1 Å². The summed E-state index contributed by atoms with van der Waals surface area (Å²) in [6, 6.07) is 36.9. The molecule has 9 nitrogen and oxygen atoms in total. The molecule has 0 amide bonds. The van der Waals surface area contributed by atoms with Crippen molar-refractivity contribution < 1.29 is 139 Å². The van der Waals surface area contributed by atoms with Crippen molar-refractivity contribution in [1.82, 2.24) is 0 Å². The van der Waals surface area contributed by atoms with Gasteiger partial charge in [-0.25, -0.2) is 13.0 Å². The van der Waals surface area contributed by atoms with E-state index in [2.05, 4.69) is 6.07 Å². The van der Waals surface area contributed by atoms with Gasteiger partial charge in [-0.15, -0.1) is 12.1 Å². The molecule has 0 radical (unpaired) electrons. The van der Waals surface area contributed by atoms with Gasteiger partial charge < -0.3 is 73.3 Å². The van der Waals surface area contributed by atoms with Crippen LogP contribution in [0.2, 0.25) is 0 Å². The Morgan fingerprint density at radius 3 is 0.825 bits per heavy atom. The number of aliphatic hydroxyl groups is 4. The summed E-state index contributed by atoms with van der Waals surface area (Å²) in [5.74, 6) is -0.453. The standard InChI is InChI=1S/C26H24F7O4S.C20H20F6O5S.C6H4F.2BrH.Mg/c1-23(34,25(28,29)30)15-36-18-5-11-21(12-6-18)38(20-9-3-17(27)4-10-20)22-13-7-19(8-14-22)37-16-24(2,35)26(31,32)33;1-17(27,19(21,22)23)11-30-13-3-7-15(8-4-13)32(29)16-9-5-14(6-10-16)31-12-18(2,28)20(24,25)26;7-6-4-2-1-3-5-6;;;/h3-14,34-35H,15-16H2,1-2H3;3-10,27-28H,11-12H2,1-2H3;2-5H;2*1H;/q+1;;-1;;;+2/p-2. The average molecular weight is 1330 g/mol. The molecule has 436 valence electrons. The zero-order valence-electron chi connectivity index (χ0n) is 42.1. The zero-order valence-corrected chi connectivity index (χ0v) is 48.3. The fourth-order valence-electron chi connectivity index (χ4n) is 5.37. The average Bonchev–Trinajstić information content (AvgIpc) is 3.35. The molecule has 6 aromatic carbocycles. The molecule has 0 aromatic heterocycles. The first-order valence-electron chi connectivity index (χ1n) is 22.0. The summed E-state index contributed by atoms with van der Waals surface area (Å²) in [7, 11) is -2.55. The normalized spacial score (nSPS) is 15.4. The van der Waals surface area contributed by atoms with Crippen molar-refractivity contribution in [3.63, 3.8) is 0 Å². The number of rotatable bonds is 17. The monoisotopic (exact) mass is 1330 g/mol. The molecule has 0 aliphatic rings. The number of halogens is 16. The van der Waals surface area contributed by atoms with Gasteiger partial charge in [0.2, 0.25) is 0 Å². The number of hydrogen-bond donors (Lipinski definition) is 4. The van der Waals surface area contributed by atoms with E-state index in [1.54, 1.807) is 36.4 Å². The molecule has 4 atom stereocenters. The molecular weight excluding hydrogens is 1280 g/mol. The van der Waals surface area contributed by atoms with Crippen molar-refractivity contribution in [2.24, 2.45) is 0 Å². The molecule has 28 heteroatoms. The smallest absolute Gasteiger partial charge is 1.00 e. The molecule has 4 N–H and O–H groups in total. The van der Waals surface area contributed by atoms with Crippen LogP contribution in [0.3, 0.4) is 0 Å². The minimum atomic E-state index is -4.87. The van der Waals surface area contributed by atoms with Crippen LogP contribution >= 0.6 is 0 Å². The van der Waals surface area contributed by atoms with Crippen molar-refractivity contribution in [2.75, 3.05) is 26.4 Å². The van der Waals surface area contributed by atoms with Gasteiger partial charge in [-0.05, 0) is 149 Å². The molecule has 0 saturated heterocycles. The first kappa shape index (κ1) is 73.6. The van der Waals surface area contributed by atoms with Crippen molar-refractivity contribution in [3.05, 3.63) is 163 Å². The molecule has 6 rings (SSSR count). The van der Waals surface area contributed by atoms with Gasteiger partial charge in [0, 0.05) is 15.6 Å². The summed E-state index contributed by atoms with van der Waals surface area (Å²) in [6.07, 6.45) is -19.5. The second kappa shape index (κ2) is 30.2. The van der Waals surface area contributed by atoms with Crippen LogP contribution in [0.5, 0.6) is 23.0 Å². The van der Waals surface area contributed by atoms with Crippen LogP contribution in [0.25, 0.3) is 0 Å². The van der Waals surface area contributed by atoms with E-state index in [1.165, 1.54) is 109 Å². The van der Waals surface area contributed by atoms with E-state index >= 15 is 0 Å². The summed E-state index contributed by atoms with van der Waals surface area (Å²) in [5.41, 5.74) is -12.2. The molecular formula is C52H48Br2F14MgO9S2. The minimum Gasteiger partial charge on any atom is -1.00 e. The maximum absolute atomic E-state index is 13.6. The Morgan fingerprint density at radius 1 is 0.400 bits per heavy atom. The Bertz CT molecular complexity index is 2640. The molecule has 0 saturated carbocycles. The summed E-state index contributed by atoms with van der Waals surface area (Å²) in [5, 5.41) is 37.9. The predicted molar refractivity (Wildman–Crippen MR) is 259 cm³/mol. The molecule has 0 aliphatic carbocycles. The Balaban J connectivity index is 0.000000694. The van der Waals surface area contributed by atoms with E-state index < -0.39 is 101 Å². The van der Waals surface area contributed by atoms with Gasteiger partial charge in [0.05, 0.1) is 21.7 Å². The fraction of sp³-hybridized carbons (Fsp3) is 0.308. The molecule has 0 heterocycles. The maximum atomic E-state index is 13.6. The van der Waals surface area contributed by atoms with Gasteiger partial charge in [0.15, 0.2) is 37.1 Å². The second-order valence-electron chi connectivity index (χ2n) is 17.4.